The molecule has 2 rings (SSSR count). The van der Waals surface area contributed by atoms with Crippen molar-refractivity contribution in [2.75, 3.05) is 25.0 Å². The van der Waals surface area contributed by atoms with Crippen molar-refractivity contribution >= 4 is 17.6 Å². The average molecular weight is 335 g/mol. The SMILES string of the molecule is CC(C)CCNC(=O)[C@@H]1CCCN(C(=O)Nc2ccc(F)cc2)C1. The third-order valence-electron chi connectivity index (χ3n) is 4.20. The Morgan fingerprint density at radius 2 is 2.00 bits per heavy atom. The Balaban J connectivity index is 1.84. The van der Waals surface area contributed by atoms with Crippen LogP contribution in [0.5, 0.6) is 0 Å². The van der Waals surface area contributed by atoms with E-state index in [2.05, 4.69) is 24.5 Å². The first-order valence-corrected chi connectivity index (χ1v) is 8.55. The lowest BCUT2D eigenvalue weighted by Gasteiger charge is -2.32. The molecular weight excluding hydrogens is 309 g/mol. The summed E-state index contributed by atoms with van der Waals surface area (Å²) >= 11 is 0. The molecule has 132 valence electrons. The van der Waals surface area contributed by atoms with Crippen molar-refractivity contribution < 1.29 is 14.0 Å². The van der Waals surface area contributed by atoms with Crippen molar-refractivity contribution in [1.29, 1.82) is 0 Å². The van der Waals surface area contributed by atoms with Crippen molar-refractivity contribution in [1.82, 2.24) is 10.2 Å². The van der Waals surface area contributed by atoms with Gasteiger partial charge in [0.1, 0.15) is 5.82 Å². The minimum Gasteiger partial charge on any atom is -0.356 e. The Morgan fingerprint density at radius 1 is 1.29 bits per heavy atom. The smallest absolute Gasteiger partial charge is 0.321 e. The average Bonchev–Trinajstić information content (AvgIpc) is 2.56. The van der Waals surface area contributed by atoms with Gasteiger partial charge in [-0.3, -0.25) is 4.79 Å². The second kappa shape index (κ2) is 8.66. The summed E-state index contributed by atoms with van der Waals surface area (Å²) in [7, 11) is 0. The van der Waals surface area contributed by atoms with Crippen LogP contribution in [-0.4, -0.2) is 36.5 Å². The standard InChI is InChI=1S/C18H26FN3O2/c1-13(2)9-10-20-17(23)14-4-3-11-22(12-14)18(24)21-16-7-5-15(19)6-8-16/h5-8,13-14H,3-4,9-12H2,1-2H3,(H,20,23)(H,21,24)/t14-/m1/s1. The maximum absolute atomic E-state index is 12.9. The summed E-state index contributed by atoms with van der Waals surface area (Å²) in [5.74, 6) is 0.0681. The highest BCUT2D eigenvalue weighted by Gasteiger charge is 2.28. The van der Waals surface area contributed by atoms with Gasteiger partial charge in [-0.1, -0.05) is 13.8 Å². The number of nitrogens with zero attached hydrogens (tertiary/aromatic N) is 1. The van der Waals surface area contributed by atoms with E-state index in [4.69, 9.17) is 0 Å². The van der Waals surface area contributed by atoms with Gasteiger partial charge in [0.15, 0.2) is 0 Å². The largest absolute Gasteiger partial charge is 0.356 e. The van der Waals surface area contributed by atoms with E-state index in [1.807, 2.05) is 0 Å². The van der Waals surface area contributed by atoms with E-state index in [1.54, 1.807) is 4.90 Å². The van der Waals surface area contributed by atoms with Gasteiger partial charge in [0.2, 0.25) is 5.91 Å². The molecule has 6 heteroatoms. The molecule has 0 unspecified atom stereocenters. The number of likely N-dealkylation sites (tertiary alicyclic amines) is 1. The highest BCUT2D eigenvalue weighted by molar-refractivity contribution is 5.90. The van der Waals surface area contributed by atoms with Gasteiger partial charge in [-0.25, -0.2) is 9.18 Å². The summed E-state index contributed by atoms with van der Waals surface area (Å²) in [6.45, 7) is 5.96. The van der Waals surface area contributed by atoms with E-state index < -0.39 is 0 Å². The number of rotatable bonds is 5. The fraction of sp³-hybridized carbons (Fsp3) is 0.556. The number of halogens is 1. The maximum atomic E-state index is 12.9. The summed E-state index contributed by atoms with van der Waals surface area (Å²) in [4.78, 5) is 26.2. The van der Waals surface area contributed by atoms with Gasteiger partial charge in [0.25, 0.3) is 0 Å². The van der Waals surface area contributed by atoms with Crippen LogP contribution in [0.15, 0.2) is 24.3 Å². The molecule has 1 aromatic rings. The summed E-state index contributed by atoms with van der Waals surface area (Å²) in [5, 5.41) is 5.71. The number of benzene rings is 1. The number of hydrogen-bond acceptors (Lipinski definition) is 2. The second-order valence-electron chi connectivity index (χ2n) is 6.70. The Kier molecular flexibility index (Phi) is 6.58. The minimum atomic E-state index is -0.343. The highest BCUT2D eigenvalue weighted by atomic mass is 19.1. The zero-order chi connectivity index (χ0) is 17.5. The van der Waals surface area contributed by atoms with E-state index in [1.165, 1.54) is 24.3 Å². The number of amides is 3. The quantitative estimate of drug-likeness (QED) is 0.868. The van der Waals surface area contributed by atoms with Crippen molar-refractivity contribution in [2.45, 2.75) is 33.1 Å². The molecule has 1 aliphatic heterocycles. The van der Waals surface area contributed by atoms with Gasteiger partial charge in [0.05, 0.1) is 5.92 Å². The van der Waals surface area contributed by atoms with Crippen LogP contribution < -0.4 is 10.6 Å². The fourth-order valence-electron chi connectivity index (χ4n) is 2.74. The van der Waals surface area contributed by atoms with Crippen LogP contribution in [0.1, 0.15) is 33.1 Å². The molecule has 1 heterocycles. The minimum absolute atomic E-state index is 0.0231. The molecule has 2 N–H and O–H groups in total. The number of nitrogens with one attached hydrogen (secondary N) is 2. The van der Waals surface area contributed by atoms with E-state index >= 15 is 0 Å². The highest BCUT2D eigenvalue weighted by Crippen LogP contribution is 2.18. The van der Waals surface area contributed by atoms with Crippen molar-refractivity contribution in [3.8, 4) is 0 Å². The normalized spacial score (nSPS) is 17.7. The molecule has 1 saturated heterocycles. The predicted octanol–water partition coefficient (Wildman–Crippen LogP) is 3.23. The van der Waals surface area contributed by atoms with Crippen molar-refractivity contribution in [3.05, 3.63) is 30.1 Å². The number of carbonyl (C=O) groups is 2. The van der Waals surface area contributed by atoms with Gasteiger partial charge in [0, 0.05) is 25.3 Å². The molecule has 0 spiro atoms. The maximum Gasteiger partial charge on any atom is 0.321 e. The molecule has 0 radical (unpaired) electrons. The van der Waals surface area contributed by atoms with E-state index in [0.29, 0.717) is 31.2 Å². The molecule has 1 aliphatic rings. The van der Waals surface area contributed by atoms with E-state index in [9.17, 15) is 14.0 Å². The predicted molar refractivity (Wildman–Crippen MR) is 92.2 cm³/mol. The van der Waals surface area contributed by atoms with Crippen LogP contribution in [-0.2, 0) is 4.79 Å². The van der Waals surface area contributed by atoms with E-state index in [-0.39, 0.29) is 23.7 Å². The number of carbonyl (C=O) groups excluding carboxylic acids is 2. The monoisotopic (exact) mass is 335 g/mol. The molecular formula is C18H26FN3O2. The first-order valence-electron chi connectivity index (χ1n) is 8.55. The molecule has 3 amide bonds. The third kappa shape index (κ3) is 5.51. The summed E-state index contributed by atoms with van der Waals surface area (Å²) in [5.41, 5.74) is 0.546. The van der Waals surface area contributed by atoms with Crippen LogP contribution in [0.25, 0.3) is 0 Å². The lowest BCUT2D eigenvalue weighted by molar-refractivity contribution is -0.126. The van der Waals surface area contributed by atoms with Gasteiger partial charge in [-0.05, 0) is 49.4 Å². The van der Waals surface area contributed by atoms with Crippen molar-refractivity contribution in [2.24, 2.45) is 11.8 Å². The molecule has 0 bridgehead atoms. The summed E-state index contributed by atoms with van der Waals surface area (Å²) in [6.07, 6.45) is 2.56. The van der Waals surface area contributed by atoms with E-state index in [0.717, 1.165) is 19.3 Å². The molecule has 0 aliphatic carbocycles. The van der Waals surface area contributed by atoms with Gasteiger partial charge in [-0.2, -0.15) is 0 Å². The molecule has 0 aromatic heterocycles. The third-order valence-corrected chi connectivity index (χ3v) is 4.20. The Bertz CT molecular complexity index is 560. The zero-order valence-electron chi connectivity index (χ0n) is 14.3. The lowest BCUT2D eigenvalue weighted by atomic mass is 9.97. The van der Waals surface area contributed by atoms with Gasteiger partial charge >= 0.3 is 6.03 Å². The summed E-state index contributed by atoms with van der Waals surface area (Å²) < 4.78 is 12.9. The molecule has 24 heavy (non-hydrogen) atoms. The Labute approximate surface area is 142 Å². The van der Waals surface area contributed by atoms with Crippen LogP contribution in [0, 0.1) is 17.7 Å². The van der Waals surface area contributed by atoms with Gasteiger partial charge in [-0.15, -0.1) is 0 Å². The van der Waals surface area contributed by atoms with Gasteiger partial charge < -0.3 is 15.5 Å². The second-order valence-corrected chi connectivity index (χ2v) is 6.70. The number of urea groups is 1. The Morgan fingerprint density at radius 3 is 2.67 bits per heavy atom. The molecule has 1 fully saturated rings. The first kappa shape index (κ1) is 18.2. The molecule has 1 atom stereocenters. The lowest BCUT2D eigenvalue weighted by Crippen LogP contribution is -2.47. The summed E-state index contributed by atoms with van der Waals surface area (Å²) in [6, 6.07) is 5.40. The van der Waals surface area contributed by atoms with Crippen LogP contribution in [0.4, 0.5) is 14.9 Å². The molecule has 1 aromatic carbocycles. The van der Waals surface area contributed by atoms with Crippen molar-refractivity contribution in [3.63, 3.8) is 0 Å². The van der Waals surface area contributed by atoms with Crippen LogP contribution >= 0.6 is 0 Å². The number of hydrogen-bond donors (Lipinski definition) is 2. The molecule has 0 saturated carbocycles. The van der Waals surface area contributed by atoms with Crippen LogP contribution in [0.2, 0.25) is 0 Å². The number of piperidine rings is 1. The molecule has 5 nitrogen and oxygen atoms in total. The zero-order valence-corrected chi connectivity index (χ0v) is 14.3. The first-order chi connectivity index (χ1) is 11.5. The fourth-order valence-corrected chi connectivity index (χ4v) is 2.74. The van der Waals surface area contributed by atoms with Crippen LogP contribution in [0.3, 0.4) is 0 Å². The topological polar surface area (TPSA) is 61.4 Å². The Hall–Kier alpha value is -2.11. The number of anilines is 1.